The maximum Gasteiger partial charge on any atom is 0.488 e. The Morgan fingerprint density at radius 1 is 0.674 bits per heavy atom. The van der Waals surface area contributed by atoms with E-state index in [2.05, 4.69) is 54.9 Å². The van der Waals surface area contributed by atoms with Gasteiger partial charge in [0.15, 0.2) is 0 Å². The molecule has 0 amide bonds. The average Bonchev–Trinajstić information content (AvgIpc) is 3.65. The van der Waals surface area contributed by atoms with Gasteiger partial charge in [-0.2, -0.15) is 0 Å². The van der Waals surface area contributed by atoms with Crippen molar-refractivity contribution in [2.45, 2.75) is 12.8 Å². The second-order valence-corrected chi connectivity index (χ2v) is 10.6. The minimum absolute atomic E-state index is 0. The van der Waals surface area contributed by atoms with Crippen LogP contribution in [0.2, 0.25) is 0 Å². The Balaban J connectivity index is 0.000000252. The van der Waals surface area contributed by atoms with E-state index in [0.29, 0.717) is 11.9 Å². The molecule has 0 saturated heterocycles. The van der Waals surface area contributed by atoms with Crippen LogP contribution in [0.5, 0.6) is 0 Å². The molecule has 0 saturated carbocycles. The fourth-order valence-corrected chi connectivity index (χ4v) is 4.87. The number of methoxy groups -OCH3 is 2. The first-order valence-corrected chi connectivity index (χ1v) is 14.5. The van der Waals surface area contributed by atoms with Gasteiger partial charge in [0.2, 0.25) is 0 Å². The van der Waals surface area contributed by atoms with Crippen molar-refractivity contribution in [2.75, 3.05) is 14.2 Å². The van der Waals surface area contributed by atoms with Gasteiger partial charge in [-0.3, -0.25) is 9.59 Å². The Labute approximate surface area is 336 Å². The van der Waals surface area contributed by atoms with Gasteiger partial charge in [0.05, 0.1) is 27.1 Å². The molecule has 0 radical (unpaired) electrons. The molecule has 12 heteroatoms. The normalized spacial score (nSPS) is 9.85. The summed E-state index contributed by atoms with van der Waals surface area (Å²) in [5.41, 5.74) is 6.81. The van der Waals surface area contributed by atoms with Crippen LogP contribution >= 0.6 is 15.9 Å². The monoisotopic (exact) mass is 734 g/mol. The molecule has 0 aliphatic carbocycles. The third kappa shape index (κ3) is 11.5. The number of rotatable bonds is 6. The number of aromatic nitrogens is 2. The Hall–Kier alpha value is -2.12. The Morgan fingerprint density at radius 2 is 1.15 bits per heavy atom. The van der Waals surface area contributed by atoms with Gasteiger partial charge < -0.3 is 29.5 Å². The molecule has 46 heavy (non-hydrogen) atoms. The van der Waals surface area contributed by atoms with Crippen LogP contribution in [0.4, 0.5) is 0 Å². The standard InChI is InChI=1S/C17H15NO2.C11H10BrNO2.C6H7BO2.2Ar/c1-20-17(19)10-14-11-18-16-8-7-13(9-15(14)16)12-5-3-2-4-6-12;1-15-11(14)4-7-6-13-10-3-2-8(12)5-9(7)10;8-7(9)6-4-2-1-3-5-6;;/h2-9,11,18H,10H2,1H3;2-3,5-6,13H,4H2,1H3;1-5,8-9H;;. The van der Waals surface area contributed by atoms with E-state index >= 15 is 0 Å². The minimum atomic E-state index is -1.34. The zero-order chi connectivity index (χ0) is 31.5. The van der Waals surface area contributed by atoms with Crippen molar-refractivity contribution in [3.8, 4) is 11.1 Å². The number of ether oxygens (including phenoxy) is 2. The number of halogens is 1. The second kappa shape index (κ2) is 20.3. The zero-order valence-electron chi connectivity index (χ0n) is 25.0. The van der Waals surface area contributed by atoms with E-state index in [1.807, 2.05) is 60.9 Å². The predicted octanol–water partition coefficient (Wildman–Crippen LogP) is 5.56. The van der Waals surface area contributed by atoms with Crippen molar-refractivity contribution < 1.29 is 105 Å². The Morgan fingerprint density at radius 3 is 1.63 bits per heavy atom. The summed E-state index contributed by atoms with van der Waals surface area (Å²) >= 11 is 3.40. The maximum atomic E-state index is 11.4. The molecule has 240 valence electrons. The van der Waals surface area contributed by atoms with Crippen LogP contribution in [0.25, 0.3) is 32.9 Å². The van der Waals surface area contributed by atoms with Gasteiger partial charge in [-0.15, -0.1) is 0 Å². The van der Waals surface area contributed by atoms with E-state index in [-0.39, 0.29) is 93.8 Å². The third-order valence-electron chi connectivity index (χ3n) is 6.83. The minimum Gasteiger partial charge on any atom is -0.469 e. The van der Waals surface area contributed by atoms with Gasteiger partial charge in [-0.1, -0.05) is 82.7 Å². The number of carbonyl (C=O) groups excluding carboxylic acids is 2. The van der Waals surface area contributed by atoms with Crippen molar-refractivity contribution in [3.05, 3.63) is 125 Å². The number of nitrogens with one attached hydrogen (secondary N) is 2. The molecule has 2 heterocycles. The molecule has 0 atom stereocenters. The summed E-state index contributed by atoms with van der Waals surface area (Å²) in [6.45, 7) is 0. The van der Waals surface area contributed by atoms with Gasteiger partial charge in [-0.05, 0) is 58.0 Å². The summed E-state index contributed by atoms with van der Waals surface area (Å²) in [7, 11) is 1.46. The van der Waals surface area contributed by atoms with Crippen molar-refractivity contribution >= 4 is 62.3 Å². The molecule has 6 aromatic rings. The third-order valence-corrected chi connectivity index (χ3v) is 7.32. The molecular formula is C34H32Ar2BBrN2O6. The summed E-state index contributed by atoms with van der Waals surface area (Å²) < 4.78 is 10.4. The zero-order valence-corrected chi connectivity index (χ0v) is 28.0. The number of hydrogen-bond donors (Lipinski definition) is 4. The molecule has 0 aliphatic heterocycles. The topological polar surface area (TPSA) is 125 Å². The van der Waals surface area contributed by atoms with Crippen LogP contribution in [0.3, 0.4) is 0 Å². The van der Waals surface area contributed by atoms with E-state index in [0.717, 1.165) is 43.0 Å². The van der Waals surface area contributed by atoms with Gasteiger partial charge in [0, 0.05) is 114 Å². The molecule has 2 aromatic heterocycles. The van der Waals surface area contributed by atoms with E-state index in [4.69, 9.17) is 14.8 Å². The van der Waals surface area contributed by atoms with Gasteiger partial charge in [0.25, 0.3) is 0 Å². The SMILES string of the molecule is COC(=O)Cc1c[nH]c2ccc(-c3ccccc3)cc12.COC(=O)Cc1c[nH]c2ccc(Br)cc12.OB(O)c1ccccc1.[Ar].[Ar]. The van der Waals surface area contributed by atoms with E-state index in [1.165, 1.54) is 19.8 Å². The van der Waals surface area contributed by atoms with Crippen LogP contribution in [0.15, 0.2) is 114 Å². The van der Waals surface area contributed by atoms with Crippen molar-refractivity contribution in [1.82, 2.24) is 9.97 Å². The second-order valence-electron chi connectivity index (χ2n) is 9.73. The first-order valence-electron chi connectivity index (χ1n) is 13.7. The first-order chi connectivity index (χ1) is 21.3. The van der Waals surface area contributed by atoms with E-state index in [9.17, 15) is 9.59 Å². The van der Waals surface area contributed by atoms with Crippen LogP contribution in [-0.2, 0) is 31.9 Å². The van der Waals surface area contributed by atoms with Crippen LogP contribution in [-0.4, -0.2) is 53.3 Å². The van der Waals surface area contributed by atoms with Crippen LogP contribution in [0.1, 0.15) is 11.1 Å². The van der Waals surface area contributed by atoms with Gasteiger partial charge in [0.1, 0.15) is 0 Å². The molecule has 0 bridgehead atoms. The van der Waals surface area contributed by atoms with E-state index in [1.54, 1.807) is 24.3 Å². The van der Waals surface area contributed by atoms with Gasteiger partial charge >= 0.3 is 19.1 Å². The molecule has 8 nitrogen and oxygen atoms in total. The Bertz CT molecular complexity index is 1830. The summed E-state index contributed by atoms with van der Waals surface area (Å²) in [5.74, 6) is -0.452. The predicted molar refractivity (Wildman–Crippen MR) is 177 cm³/mol. The summed E-state index contributed by atoms with van der Waals surface area (Å²) in [6, 6.07) is 31.0. The number of H-pyrrole nitrogens is 2. The fraction of sp³-hybridized carbons (Fsp3) is 0.118. The van der Waals surface area contributed by atoms with Crippen molar-refractivity contribution in [2.24, 2.45) is 0 Å². The molecule has 4 N–H and O–H groups in total. The molecule has 0 aliphatic rings. The number of hydrogen-bond acceptors (Lipinski definition) is 6. The van der Waals surface area contributed by atoms with Gasteiger partial charge in [-0.25, -0.2) is 0 Å². The molecule has 4 aromatic carbocycles. The Kier molecular flexibility index (Phi) is 17.7. The van der Waals surface area contributed by atoms with Crippen LogP contribution in [0, 0.1) is 75.5 Å². The molecule has 0 spiro atoms. The average molecular weight is 735 g/mol. The summed E-state index contributed by atoms with van der Waals surface area (Å²) in [4.78, 5) is 28.9. The molecular weight excluding hydrogens is 703 g/mol. The molecule has 6 rings (SSSR count). The number of aromatic amines is 2. The van der Waals surface area contributed by atoms with Crippen molar-refractivity contribution in [3.63, 3.8) is 0 Å². The molecule has 0 unspecified atom stereocenters. The largest absolute Gasteiger partial charge is 0.488 e. The smallest absolute Gasteiger partial charge is 0.469 e. The number of benzene rings is 4. The fourth-order valence-electron chi connectivity index (χ4n) is 4.51. The van der Waals surface area contributed by atoms with Crippen molar-refractivity contribution in [1.29, 1.82) is 0 Å². The summed E-state index contributed by atoms with van der Waals surface area (Å²) in [6.07, 6.45) is 4.30. The van der Waals surface area contributed by atoms with Crippen LogP contribution < -0.4 is 5.46 Å². The number of esters is 2. The molecule has 0 fully saturated rings. The number of fused-ring (bicyclic) bond motifs is 2. The quantitative estimate of drug-likeness (QED) is 0.131. The summed E-state index contributed by atoms with van der Waals surface area (Å²) in [5, 5.41) is 19.3. The van der Waals surface area contributed by atoms with E-state index < -0.39 is 7.12 Å². The maximum absolute atomic E-state index is 11.4. The number of carbonyl (C=O) groups is 2. The first kappa shape index (κ1) is 40.1.